The van der Waals surface area contributed by atoms with Gasteiger partial charge in [-0.1, -0.05) is 0 Å². The summed E-state index contributed by atoms with van der Waals surface area (Å²) in [5.74, 6) is 2.14. The lowest BCUT2D eigenvalue weighted by Crippen LogP contribution is -2.48. The Hall–Kier alpha value is -3.55. The topological polar surface area (TPSA) is 95.9 Å². The number of carbonyl (C=O) groups is 1. The number of amides is 1. The lowest BCUT2D eigenvalue weighted by Gasteiger charge is -2.27. The first kappa shape index (κ1) is 16.9. The van der Waals surface area contributed by atoms with Crippen molar-refractivity contribution in [2.45, 2.75) is 6.92 Å². The van der Waals surface area contributed by atoms with Crippen molar-refractivity contribution < 1.29 is 4.79 Å². The van der Waals surface area contributed by atoms with E-state index in [4.69, 9.17) is 0 Å². The predicted octanol–water partition coefficient (Wildman–Crippen LogP) is 1.92. The third-order valence-corrected chi connectivity index (χ3v) is 4.18. The molecule has 4 rings (SSSR count). The highest BCUT2D eigenvalue weighted by Gasteiger charge is 2.17. The molecule has 2 N–H and O–H groups in total. The molecule has 27 heavy (non-hydrogen) atoms. The van der Waals surface area contributed by atoms with Crippen molar-refractivity contribution in [2.75, 3.05) is 29.9 Å². The van der Waals surface area contributed by atoms with E-state index in [1.54, 1.807) is 18.6 Å². The number of carbonyl (C=O) groups excluding carboxylic acids is 1. The molecule has 1 amide bonds. The molecule has 0 aromatic carbocycles. The largest absolute Gasteiger partial charge is 0.353 e. The third kappa shape index (κ3) is 4.00. The van der Waals surface area contributed by atoms with Gasteiger partial charge in [-0.15, -0.1) is 0 Å². The molecule has 0 atom stereocenters. The Morgan fingerprint density at radius 2 is 2.00 bits per heavy atom. The van der Waals surface area contributed by atoms with Crippen molar-refractivity contribution in [1.82, 2.24) is 25.3 Å². The van der Waals surface area contributed by atoms with E-state index >= 15 is 0 Å². The molecule has 0 spiro atoms. The number of aromatic nitrogens is 4. The van der Waals surface area contributed by atoms with Crippen LogP contribution in [0, 0.1) is 6.92 Å². The Morgan fingerprint density at radius 3 is 2.74 bits per heavy atom. The maximum Gasteiger partial charge on any atom is 0.239 e. The van der Waals surface area contributed by atoms with E-state index in [1.807, 2.05) is 42.2 Å². The van der Waals surface area contributed by atoms with Crippen molar-refractivity contribution in [1.29, 1.82) is 0 Å². The fraction of sp³-hybridized carbons (Fsp3) is 0.211. The van der Waals surface area contributed by atoms with Crippen LogP contribution < -0.4 is 15.5 Å². The van der Waals surface area contributed by atoms with E-state index in [-0.39, 0.29) is 5.91 Å². The summed E-state index contributed by atoms with van der Waals surface area (Å²) >= 11 is 0. The minimum atomic E-state index is 0.0188. The number of nitrogens with zero attached hydrogens (tertiary/aromatic N) is 5. The maximum absolute atomic E-state index is 11.5. The summed E-state index contributed by atoms with van der Waals surface area (Å²) in [4.78, 5) is 31.0. The van der Waals surface area contributed by atoms with Crippen LogP contribution in [0.15, 0.2) is 48.9 Å². The second-order valence-electron chi connectivity index (χ2n) is 6.26. The smallest absolute Gasteiger partial charge is 0.239 e. The van der Waals surface area contributed by atoms with Gasteiger partial charge < -0.3 is 15.5 Å². The van der Waals surface area contributed by atoms with Gasteiger partial charge in [0.1, 0.15) is 11.6 Å². The molecule has 1 aliphatic heterocycles. The second kappa shape index (κ2) is 7.36. The zero-order valence-electron chi connectivity index (χ0n) is 14.9. The van der Waals surface area contributed by atoms with Gasteiger partial charge in [0.05, 0.1) is 18.4 Å². The van der Waals surface area contributed by atoms with Crippen molar-refractivity contribution in [3.05, 3.63) is 54.6 Å². The van der Waals surface area contributed by atoms with E-state index in [1.165, 1.54) is 0 Å². The third-order valence-electron chi connectivity index (χ3n) is 4.18. The molecule has 0 bridgehead atoms. The molecule has 8 heteroatoms. The van der Waals surface area contributed by atoms with Crippen LogP contribution in [0.4, 0.5) is 17.3 Å². The molecule has 1 fully saturated rings. The summed E-state index contributed by atoms with van der Waals surface area (Å²) in [5.41, 5.74) is 2.59. The summed E-state index contributed by atoms with van der Waals surface area (Å²) in [6.45, 7) is 3.66. The van der Waals surface area contributed by atoms with Gasteiger partial charge in [-0.3, -0.25) is 9.78 Å². The van der Waals surface area contributed by atoms with Crippen molar-refractivity contribution in [3.63, 3.8) is 0 Å². The van der Waals surface area contributed by atoms with Crippen LogP contribution in [0.1, 0.15) is 5.69 Å². The molecule has 3 aromatic rings. The number of piperazine rings is 1. The number of aryl methyl sites for hydroxylation is 1. The highest BCUT2D eigenvalue weighted by molar-refractivity contribution is 5.82. The first-order valence-corrected chi connectivity index (χ1v) is 8.68. The molecule has 136 valence electrons. The lowest BCUT2D eigenvalue weighted by atomic mass is 10.2. The zero-order valence-corrected chi connectivity index (χ0v) is 14.9. The van der Waals surface area contributed by atoms with Gasteiger partial charge >= 0.3 is 0 Å². The first-order valence-electron chi connectivity index (χ1n) is 8.68. The molecular formula is C19H19N7O. The average molecular weight is 361 g/mol. The minimum absolute atomic E-state index is 0.0188. The van der Waals surface area contributed by atoms with Gasteiger partial charge in [0.25, 0.3) is 0 Å². The molecular weight excluding hydrogens is 342 g/mol. The Labute approximate surface area is 156 Å². The molecule has 8 nitrogen and oxygen atoms in total. The molecule has 1 saturated heterocycles. The van der Waals surface area contributed by atoms with Crippen LogP contribution in [-0.4, -0.2) is 45.5 Å². The van der Waals surface area contributed by atoms with Crippen molar-refractivity contribution >= 4 is 23.2 Å². The number of anilines is 3. The molecule has 4 heterocycles. The minimum Gasteiger partial charge on any atom is -0.353 e. The molecule has 0 radical (unpaired) electrons. The molecule has 0 aliphatic carbocycles. The van der Waals surface area contributed by atoms with Crippen molar-refractivity contribution in [3.8, 4) is 11.4 Å². The van der Waals surface area contributed by atoms with Gasteiger partial charge in [0, 0.05) is 42.8 Å². The van der Waals surface area contributed by atoms with E-state index < -0.39 is 0 Å². The number of hydrogen-bond donors (Lipinski definition) is 2. The van der Waals surface area contributed by atoms with Crippen molar-refractivity contribution in [2.24, 2.45) is 0 Å². The van der Waals surface area contributed by atoms with E-state index in [9.17, 15) is 4.79 Å². The normalized spacial score (nSPS) is 14.0. The molecule has 3 aromatic heterocycles. The summed E-state index contributed by atoms with van der Waals surface area (Å²) in [7, 11) is 0. The van der Waals surface area contributed by atoms with Gasteiger partial charge in [-0.25, -0.2) is 15.0 Å². The second-order valence-corrected chi connectivity index (χ2v) is 6.26. The maximum atomic E-state index is 11.5. The number of pyridine rings is 2. The predicted molar refractivity (Wildman–Crippen MR) is 103 cm³/mol. The number of hydrogen-bond acceptors (Lipinski definition) is 7. The first-order chi connectivity index (χ1) is 13.2. The van der Waals surface area contributed by atoms with Crippen LogP contribution in [0.25, 0.3) is 11.4 Å². The average Bonchev–Trinajstić information content (AvgIpc) is 2.69. The Morgan fingerprint density at radius 1 is 1.15 bits per heavy atom. The zero-order chi connectivity index (χ0) is 18.6. The Balaban J connectivity index is 1.52. The van der Waals surface area contributed by atoms with Crippen LogP contribution in [-0.2, 0) is 4.79 Å². The number of rotatable bonds is 4. The Kier molecular flexibility index (Phi) is 4.61. The van der Waals surface area contributed by atoms with Gasteiger partial charge in [-0.05, 0) is 31.2 Å². The molecule has 0 unspecified atom stereocenters. The fourth-order valence-electron chi connectivity index (χ4n) is 2.89. The van der Waals surface area contributed by atoms with Gasteiger partial charge in [-0.2, -0.15) is 0 Å². The highest BCUT2D eigenvalue weighted by Crippen LogP contribution is 2.21. The SMILES string of the molecule is Cc1cc(Nc2ccc(N3CCNC(=O)C3)nc2)nc(-c2ccncc2)n1. The summed E-state index contributed by atoms with van der Waals surface area (Å²) in [6.07, 6.45) is 5.18. The Bertz CT molecular complexity index is 944. The van der Waals surface area contributed by atoms with E-state index in [0.29, 0.717) is 24.7 Å². The summed E-state index contributed by atoms with van der Waals surface area (Å²) in [6, 6.07) is 9.47. The van der Waals surface area contributed by atoms with Crippen LogP contribution in [0.3, 0.4) is 0 Å². The molecule has 1 aliphatic rings. The molecule has 0 saturated carbocycles. The summed E-state index contributed by atoms with van der Waals surface area (Å²) < 4.78 is 0. The number of nitrogens with one attached hydrogen (secondary N) is 2. The lowest BCUT2D eigenvalue weighted by molar-refractivity contribution is -0.120. The standard InChI is InChI=1S/C19H19N7O/c1-13-10-16(25-19(23-13)14-4-6-20-7-5-14)24-15-2-3-17(22-11-15)26-9-8-21-18(27)12-26/h2-7,10-11H,8-9,12H2,1H3,(H,21,27)(H,23,24,25). The fourth-order valence-corrected chi connectivity index (χ4v) is 2.89. The quantitative estimate of drug-likeness (QED) is 0.733. The van der Waals surface area contributed by atoms with Crippen LogP contribution in [0.5, 0.6) is 0 Å². The highest BCUT2D eigenvalue weighted by atomic mass is 16.2. The van der Waals surface area contributed by atoms with Gasteiger partial charge in [0.15, 0.2) is 5.82 Å². The monoisotopic (exact) mass is 361 g/mol. The van der Waals surface area contributed by atoms with Crippen LogP contribution >= 0.6 is 0 Å². The van der Waals surface area contributed by atoms with Gasteiger partial charge in [0.2, 0.25) is 5.91 Å². The van der Waals surface area contributed by atoms with E-state index in [2.05, 4.69) is 30.6 Å². The van der Waals surface area contributed by atoms with Crippen LogP contribution in [0.2, 0.25) is 0 Å². The summed E-state index contributed by atoms with van der Waals surface area (Å²) in [5, 5.41) is 6.08. The van der Waals surface area contributed by atoms with E-state index in [0.717, 1.165) is 29.3 Å².